The maximum absolute atomic E-state index is 6.49. The van der Waals surface area contributed by atoms with E-state index < -0.39 is 0 Å². The molecule has 8 aromatic rings. The fourth-order valence-electron chi connectivity index (χ4n) is 8.63. The molecule has 1 aliphatic carbocycles. The number of para-hydroxylation sites is 3. The van der Waals surface area contributed by atoms with Gasteiger partial charge in [-0.05, 0) is 74.4 Å². The monoisotopic (exact) mass is 660 g/mol. The van der Waals surface area contributed by atoms with Gasteiger partial charge in [0.25, 0.3) is 0 Å². The molecule has 0 amide bonds. The summed E-state index contributed by atoms with van der Waals surface area (Å²) in [6.07, 6.45) is 10.1. The third-order valence-electron chi connectivity index (χ3n) is 11.2. The topological polar surface area (TPSA) is 35.3 Å². The lowest BCUT2D eigenvalue weighted by molar-refractivity contribution is -0.509. The van der Waals surface area contributed by atoms with Crippen LogP contribution in [0.2, 0.25) is 0 Å². The Kier molecular flexibility index (Phi) is 6.69. The predicted molar refractivity (Wildman–Crippen MR) is 212 cm³/mol. The summed E-state index contributed by atoms with van der Waals surface area (Å²) in [6.45, 7) is 4.71. The molecule has 2 aromatic heterocycles. The van der Waals surface area contributed by atoms with Gasteiger partial charge < -0.3 is 13.9 Å². The lowest BCUT2D eigenvalue weighted by Gasteiger charge is -2.36. The number of rotatable bonds is 5. The zero-order valence-electron chi connectivity index (χ0n) is 28.8. The highest BCUT2D eigenvalue weighted by Crippen LogP contribution is 2.41. The Hall–Kier alpha value is -6.13. The van der Waals surface area contributed by atoms with Crippen LogP contribution >= 0.6 is 0 Å². The van der Waals surface area contributed by atoms with Crippen LogP contribution < -0.4 is 9.89 Å². The maximum Gasteiger partial charge on any atom is 0.236 e. The van der Waals surface area contributed by atoms with Gasteiger partial charge in [0.05, 0.1) is 16.4 Å². The SMILES string of the molecule is CC1C(c2ccccc2)=[NH+]C(C2(C)C=CC=CC2)N1c1cccc(-n2c3ccccc3c3ccc(-c4cccc5c4oc4ccccc45)cc32)c1. The van der Waals surface area contributed by atoms with Gasteiger partial charge in [-0.2, -0.15) is 0 Å². The summed E-state index contributed by atoms with van der Waals surface area (Å²) in [5, 5.41) is 4.76. The van der Waals surface area contributed by atoms with Crippen LogP contribution in [-0.4, -0.2) is 22.5 Å². The molecule has 4 nitrogen and oxygen atoms in total. The van der Waals surface area contributed by atoms with Gasteiger partial charge in [-0.15, -0.1) is 0 Å². The molecule has 10 rings (SSSR count). The molecule has 0 radical (unpaired) electrons. The molecule has 51 heavy (non-hydrogen) atoms. The van der Waals surface area contributed by atoms with Crippen LogP contribution in [0.5, 0.6) is 0 Å². The molecule has 0 saturated carbocycles. The molecule has 0 bridgehead atoms. The first-order valence-corrected chi connectivity index (χ1v) is 17.9. The van der Waals surface area contributed by atoms with E-state index in [4.69, 9.17) is 4.42 Å². The summed E-state index contributed by atoms with van der Waals surface area (Å²) in [6, 6.07) is 50.5. The Morgan fingerprint density at radius 2 is 1.39 bits per heavy atom. The average molecular weight is 661 g/mol. The molecule has 3 unspecified atom stereocenters. The summed E-state index contributed by atoms with van der Waals surface area (Å²) in [5.41, 5.74) is 11.2. The number of anilines is 1. The molecular weight excluding hydrogens is 623 g/mol. The summed E-state index contributed by atoms with van der Waals surface area (Å²) >= 11 is 0. The van der Waals surface area contributed by atoms with Gasteiger partial charge in [-0.3, -0.25) is 0 Å². The van der Waals surface area contributed by atoms with Crippen molar-refractivity contribution in [1.82, 2.24) is 4.57 Å². The molecule has 3 atom stereocenters. The van der Waals surface area contributed by atoms with Gasteiger partial charge in [0.15, 0.2) is 0 Å². The fourth-order valence-corrected chi connectivity index (χ4v) is 8.63. The minimum absolute atomic E-state index is 0.0770. The zero-order chi connectivity index (χ0) is 34.1. The summed E-state index contributed by atoms with van der Waals surface area (Å²) < 4.78 is 8.92. The largest absolute Gasteiger partial charge is 0.455 e. The van der Waals surface area contributed by atoms with Crippen molar-refractivity contribution in [2.75, 3.05) is 4.90 Å². The lowest BCUT2D eigenvalue weighted by Crippen LogP contribution is -2.83. The van der Waals surface area contributed by atoms with E-state index in [2.05, 4.69) is 186 Å². The standard InChI is InChI=1S/C47H37N3O/c1-31-44(32-15-5-3-6-16-32)48-46(47(2)27-11-4-12-28-47)49(31)34-17-13-18-35(30-34)50-41-23-9-7-19-37(41)38-26-25-33(29-42(38)50)36-21-14-22-40-39-20-8-10-24-43(39)51-45(36)40/h3-27,29-31,46H,28H2,1-2H3/p+1. The van der Waals surface area contributed by atoms with E-state index in [9.17, 15) is 0 Å². The molecule has 0 saturated heterocycles. The number of furan rings is 1. The smallest absolute Gasteiger partial charge is 0.236 e. The van der Waals surface area contributed by atoms with E-state index in [1.54, 1.807) is 0 Å². The van der Waals surface area contributed by atoms with Crippen molar-refractivity contribution in [3.05, 3.63) is 169 Å². The van der Waals surface area contributed by atoms with Crippen molar-refractivity contribution in [3.63, 3.8) is 0 Å². The van der Waals surface area contributed by atoms with Gasteiger partial charge in [0.2, 0.25) is 11.9 Å². The van der Waals surface area contributed by atoms with E-state index in [0.29, 0.717) is 0 Å². The van der Waals surface area contributed by atoms with Crippen molar-refractivity contribution in [2.24, 2.45) is 5.41 Å². The molecule has 0 spiro atoms. The predicted octanol–water partition coefficient (Wildman–Crippen LogP) is 9.98. The highest BCUT2D eigenvalue weighted by molar-refractivity contribution is 6.13. The van der Waals surface area contributed by atoms with Gasteiger partial charge in [-0.25, -0.2) is 4.99 Å². The molecule has 1 N–H and O–H groups in total. The van der Waals surface area contributed by atoms with Crippen LogP contribution in [0.4, 0.5) is 5.69 Å². The molecule has 3 heterocycles. The Labute approximate surface area is 297 Å². The Morgan fingerprint density at radius 1 is 0.647 bits per heavy atom. The van der Waals surface area contributed by atoms with Crippen molar-refractivity contribution in [1.29, 1.82) is 0 Å². The van der Waals surface area contributed by atoms with Crippen LogP contribution in [-0.2, 0) is 0 Å². The number of hydrogen-bond acceptors (Lipinski definition) is 2. The number of hydrogen-bond donors (Lipinski definition) is 1. The van der Waals surface area contributed by atoms with E-state index in [-0.39, 0.29) is 17.6 Å². The summed E-state index contributed by atoms with van der Waals surface area (Å²) in [5.74, 6) is 0. The minimum Gasteiger partial charge on any atom is -0.455 e. The molecule has 1 aliphatic heterocycles. The van der Waals surface area contributed by atoms with E-state index in [1.165, 1.54) is 38.8 Å². The Morgan fingerprint density at radius 3 is 2.25 bits per heavy atom. The molecule has 246 valence electrons. The van der Waals surface area contributed by atoms with Crippen LogP contribution in [0.3, 0.4) is 0 Å². The van der Waals surface area contributed by atoms with E-state index >= 15 is 0 Å². The third kappa shape index (κ3) is 4.63. The second-order valence-electron chi connectivity index (χ2n) is 14.3. The summed E-state index contributed by atoms with van der Waals surface area (Å²) in [4.78, 5) is 6.61. The zero-order valence-corrected chi connectivity index (χ0v) is 28.8. The number of nitrogens with one attached hydrogen (secondary N) is 1. The van der Waals surface area contributed by atoms with Crippen LogP contribution in [0.15, 0.2) is 168 Å². The quantitative estimate of drug-likeness (QED) is 0.200. The van der Waals surface area contributed by atoms with E-state index in [0.717, 1.165) is 45.2 Å². The van der Waals surface area contributed by atoms with Crippen LogP contribution in [0, 0.1) is 5.41 Å². The molecule has 4 heteroatoms. The van der Waals surface area contributed by atoms with Crippen LogP contribution in [0.25, 0.3) is 60.6 Å². The maximum atomic E-state index is 6.49. The normalized spacial score (nSPS) is 20.3. The molecule has 6 aromatic carbocycles. The van der Waals surface area contributed by atoms with Gasteiger partial charge in [0, 0.05) is 44.0 Å². The lowest BCUT2D eigenvalue weighted by atomic mass is 9.80. The Balaban J connectivity index is 1.14. The minimum atomic E-state index is -0.0883. The number of aromatic nitrogens is 1. The van der Waals surface area contributed by atoms with Crippen molar-refractivity contribution in [3.8, 4) is 16.8 Å². The number of fused-ring (bicyclic) bond motifs is 6. The van der Waals surface area contributed by atoms with Gasteiger partial charge in [-0.1, -0.05) is 115 Å². The molecular formula is C47H38N3O+. The second kappa shape index (κ2) is 11.5. The van der Waals surface area contributed by atoms with Crippen molar-refractivity contribution in [2.45, 2.75) is 32.5 Å². The number of allylic oxidation sites excluding steroid dienone is 3. The molecule has 2 aliphatic rings. The fraction of sp³-hybridized carbons (Fsp3) is 0.128. The van der Waals surface area contributed by atoms with E-state index in [1.807, 2.05) is 6.07 Å². The highest BCUT2D eigenvalue weighted by Gasteiger charge is 2.49. The van der Waals surface area contributed by atoms with Crippen LogP contribution in [0.1, 0.15) is 25.8 Å². The third-order valence-corrected chi connectivity index (χ3v) is 11.2. The van der Waals surface area contributed by atoms with Crippen molar-refractivity contribution >= 4 is 55.1 Å². The first kappa shape index (κ1) is 29.8. The average Bonchev–Trinajstić information content (AvgIpc) is 3.85. The van der Waals surface area contributed by atoms with Gasteiger partial charge >= 0.3 is 0 Å². The Bertz CT molecular complexity index is 2730. The van der Waals surface area contributed by atoms with Crippen molar-refractivity contribution < 1.29 is 9.41 Å². The summed E-state index contributed by atoms with van der Waals surface area (Å²) in [7, 11) is 0. The first-order chi connectivity index (χ1) is 25.1. The number of nitrogens with zero attached hydrogens (tertiary/aromatic N) is 2. The first-order valence-electron chi connectivity index (χ1n) is 17.9. The molecule has 0 fully saturated rings. The van der Waals surface area contributed by atoms with Gasteiger partial charge in [0.1, 0.15) is 17.2 Å². The highest BCUT2D eigenvalue weighted by atomic mass is 16.3. The number of benzene rings is 6. The second-order valence-corrected chi connectivity index (χ2v) is 14.3.